The van der Waals surface area contributed by atoms with Crippen LogP contribution in [0.3, 0.4) is 0 Å². The van der Waals surface area contributed by atoms with Crippen LogP contribution >= 0.6 is 0 Å². The smallest absolute Gasteiger partial charge is 0.412 e. The van der Waals surface area contributed by atoms with Crippen molar-refractivity contribution in [3.05, 3.63) is 47.5 Å². The van der Waals surface area contributed by atoms with Crippen LogP contribution in [0.1, 0.15) is 58.1 Å². The molecule has 0 saturated heterocycles. The van der Waals surface area contributed by atoms with Crippen LogP contribution in [-0.2, 0) is 11.3 Å². The van der Waals surface area contributed by atoms with E-state index >= 15 is 0 Å². The maximum Gasteiger partial charge on any atom is 0.412 e. The van der Waals surface area contributed by atoms with Crippen molar-refractivity contribution in [3.8, 4) is 5.75 Å². The van der Waals surface area contributed by atoms with E-state index in [2.05, 4.69) is 30.5 Å². The number of hydrogen-bond acceptors (Lipinski definition) is 4. The third-order valence-corrected chi connectivity index (χ3v) is 4.98. The summed E-state index contributed by atoms with van der Waals surface area (Å²) in [6, 6.07) is 10.5. The Morgan fingerprint density at radius 1 is 1.10 bits per heavy atom. The zero-order valence-corrected chi connectivity index (χ0v) is 18.2. The van der Waals surface area contributed by atoms with Crippen LogP contribution in [0, 0.1) is 0 Å². The molecule has 0 heterocycles. The van der Waals surface area contributed by atoms with Gasteiger partial charge in [-0.2, -0.15) is 0 Å². The molecular weight excluding hydrogens is 382 g/mol. The Morgan fingerprint density at radius 3 is 2.33 bits per heavy atom. The molecule has 0 fully saturated rings. The van der Waals surface area contributed by atoms with E-state index in [1.165, 1.54) is 17.9 Å². The van der Waals surface area contributed by atoms with E-state index in [1.54, 1.807) is 12.1 Å². The first-order valence-electron chi connectivity index (χ1n) is 10.1. The quantitative estimate of drug-likeness (QED) is 0.436. The normalized spacial score (nSPS) is 11.8. The fourth-order valence-corrected chi connectivity index (χ4v) is 3.18. The number of nitrogens with zero attached hydrogens (tertiary/aromatic N) is 1. The number of phenols is 1. The second-order valence-corrected chi connectivity index (χ2v) is 7.76. The second-order valence-electron chi connectivity index (χ2n) is 7.76. The van der Waals surface area contributed by atoms with Crippen LogP contribution in [0.5, 0.6) is 5.75 Å². The SMILES string of the molecule is CC[C@H](C)N(C(=O)O)c1ccc(NCc2cc(NC(C)=O)cc(C(C)C)c2)c(O)c1. The number of amides is 2. The molecule has 162 valence electrons. The van der Waals surface area contributed by atoms with E-state index in [9.17, 15) is 19.8 Å². The molecule has 2 aromatic rings. The van der Waals surface area contributed by atoms with Crippen LogP contribution in [-0.4, -0.2) is 28.3 Å². The van der Waals surface area contributed by atoms with Crippen LogP contribution in [0.25, 0.3) is 0 Å². The van der Waals surface area contributed by atoms with Crippen molar-refractivity contribution < 1.29 is 19.8 Å². The van der Waals surface area contributed by atoms with Crippen LogP contribution in [0.4, 0.5) is 21.9 Å². The third-order valence-electron chi connectivity index (χ3n) is 4.98. The zero-order valence-electron chi connectivity index (χ0n) is 18.2. The van der Waals surface area contributed by atoms with Gasteiger partial charge in [-0.15, -0.1) is 0 Å². The average Bonchev–Trinajstić information content (AvgIpc) is 2.66. The summed E-state index contributed by atoms with van der Waals surface area (Å²) < 4.78 is 0. The van der Waals surface area contributed by atoms with Gasteiger partial charge >= 0.3 is 6.09 Å². The molecule has 0 aromatic heterocycles. The van der Waals surface area contributed by atoms with Gasteiger partial charge in [0.05, 0.1) is 11.4 Å². The summed E-state index contributed by atoms with van der Waals surface area (Å²) in [7, 11) is 0. The van der Waals surface area contributed by atoms with Crippen LogP contribution < -0.4 is 15.5 Å². The first-order chi connectivity index (χ1) is 14.1. The predicted octanol–water partition coefficient (Wildman–Crippen LogP) is 5.37. The highest BCUT2D eigenvalue weighted by Crippen LogP contribution is 2.31. The Bertz CT molecular complexity index is 911. The van der Waals surface area contributed by atoms with Gasteiger partial charge in [0.25, 0.3) is 0 Å². The number of nitrogens with one attached hydrogen (secondary N) is 2. The fourth-order valence-electron chi connectivity index (χ4n) is 3.18. The monoisotopic (exact) mass is 413 g/mol. The number of anilines is 3. The van der Waals surface area contributed by atoms with Crippen LogP contribution in [0.2, 0.25) is 0 Å². The van der Waals surface area contributed by atoms with Crippen molar-refractivity contribution >= 4 is 29.1 Å². The topological polar surface area (TPSA) is 102 Å². The molecule has 0 radical (unpaired) electrons. The zero-order chi connectivity index (χ0) is 22.4. The van der Waals surface area contributed by atoms with Crippen molar-refractivity contribution in [3.63, 3.8) is 0 Å². The lowest BCUT2D eigenvalue weighted by atomic mass is 9.99. The van der Waals surface area contributed by atoms with Gasteiger partial charge in [-0.3, -0.25) is 9.69 Å². The summed E-state index contributed by atoms with van der Waals surface area (Å²) in [5, 5.41) is 25.9. The molecule has 0 aliphatic carbocycles. The van der Waals surface area contributed by atoms with E-state index in [0.29, 0.717) is 30.3 Å². The van der Waals surface area contributed by atoms with Gasteiger partial charge in [0.2, 0.25) is 5.91 Å². The molecule has 1 atom stereocenters. The van der Waals surface area contributed by atoms with Crippen molar-refractivity contribution in [2.24, 2.45) is 0 Å². The second kappa shape index (κ2) is 10.0. The van der Waals surface area contributed by atoms with E-state index in [0.717, 1.165) is 16.8 Å². The molecule has 0 aliphatic heterocycles. The molecule has 2 rings (SSSR count). The van der Waals surface area contributed by atoms with Gasteiger partial charge in [-0.25, -0.2) is 4.79 Å². The lowest BCUT2D eigenvalue weighted by molar-refractivity contribution is -0.114. The number of phenolic OH excluding ortho intramolecular Hbond substituents is 1. The molecule has 0 unspecified atom stereocenters. The van der Waals surface area contributed by atoms with Crippen molar-refractivity contribution in [2.45, 2.75) is 59.5 Å². The number of carboxylic acid groups (broad SMARTS) is 1. The molecule has 2 amide bonds. The number of rotatable bonds is 8. The average molecular weight is 414 g/mol. The third kappa shape index (κ3) is 5.89. The Kier molecular flexibility index (Phi) is 7.69. The molecule has 4 N–H and O–H groups in total. The van der Waals surface area contributed by atoms with Gasteiger partial charge in [-0.05, 0) is 54.7 Å². The molecule has 7 nitrogen and oxygen atoms in total. The summed E-state index contributed by atoms with van der Waals surface area (Å²) in [6.45, 7) is 9.82. The maximum absolute atomic E-state index is 11.6. The summed E-state index contributed by atoms with van der Waals surface area (Å²) in [5.74, 6) is 0.143. The first-order valence-corrected chi connectivity index (χ1v) is 10.1. The van der Waals surface area contributed by atoms with Crippen molar-refractivity contribution in [1.29, 1.82) is 0 Å². The fraction of sp³-hybridized carbons (Fsp3) is 0.391. The summed E-state index contributed by atoms with van der Waals surface area (Å²) >= 11 is 0. The van der Waals surface area contributed by atoms with Gasteiger partial charge in [0.1, 0.15) is 5.75 Å². The molecule has 7 heteroatoms. The van der Waals surface area contributed by atoms with E-state index in [1.807, 2.05) is 26.0 Å². The minimum atomic E-state index is -1.06. The molecule has 0 aliphatic rings. The lowest BCUT2D eigenvalue weighted by Crippen LogP contribution is -2.37. The van der Waals surface area contributed by atoms with Gasteiger partial charge < -0.3 is 20.8 Å². The largest absolute Gasteiger partial charge is 0.506 e. The minimum absolute atomic E-state index is 0.0239. The van der Waals surface area contributed by atoms with Gasteiger partial charge in [0.15, 0.2) is 0 Å². The van der Waals surface area contributed by atoms with Crippen molar-refractivity contribution in [2.75, 3.05) is 15.5 Å². The Balaban J connectivity index is 2.22. The summed E-state index contributed by atoms with van der Waals surface area (Å²) in [6.07, 6.45) is -0.393. The highest BCUT2D eigenvalue weighted by molar-refractivity contribution is 5.89. The molecule has 0 spiro atoms. The Hall–Kier alpha value is -3.22. The molecule has 0 bridgehead atoms. The molecule has 30 heavy (non-hydrogen) atoms. The molecule has 2 aromatic carbocycles. The Morgan fingerprint density at radius 2 is 1.80 bits per heavy atom. The van der Waals surface area contributed by atoms with E-state index in [-0.39, 0.29) is 17.7 Å². The molecular formula is C23H31N3O4. The number of carbonyl (C=O) groups excluding carboxylic acids is 1. The number of hydrogen-bond donors (Lipinski definition) is 4. The van der Waals surface area contributed by atoms with E-state index in [4.69, 9.17) is 0 Å². The predicted molar refractivity (Wildman–Crippen MR) is 121 cm³/mol. The minimum Gasteiger partial charge on any atom is -0.506 e. The highest BCUT2D eigenvalue weighted by Gasteiger charge is 2.21. The summed E-state index contributed by atoms with van der Waals surface area (Å²) in [4.78, 5) is 24.3. The number of carbonyl (C=O) groups is 2. The summed E-state index contributed by atoms with van der Waals surface area (Å²) in [5.41, 5.74) is 3.72. The first kappa shape index (κ1) is 23.1. The Labute approximate surface area is 177 Å². The standard InChI is InChI=1S/C23H31N3O4/c1-6-15(4)26(23(29)30)20-7-8-21(22(28)12-20)24-13-17-9-18(14(2)3)11-19(10-17)25-16(5)27/h7-12,14-15,24,28H,6,13H2,1-5H3,(H,25,27)(H,29,30)/t15-/m0/s1. The number of aromatic hydroxyl groups is 1. The maximum atomic E-state index is 11.6. The van der Waals surface area contributed by atoms with E-state index < -0.39 is 6.09 Å². The van der Waals surface area contributed by atoms with Gasteiger partial charge in [0, 0.05) is 31.3 Å². The number of benzene rings is 2. The van der Waals surface area contributed by atoms with Crippen molar-refractivity contribution in [1.82, 2.24) is 0 Å². The lowest BCUT2D eigenvalue weighted by Gasteiger charge is -2.26. The highest BCUT2D eigenvalue weighted by atomic mass is 16.4. The van der Waals surface area contributed by atoms with Gasteiger partial charge in [-0.1, -0.05) is 26.8 Å². The van der Waals surface area contributed by atoms with Crippen LogP contribution in [0.15, 0.2) is 36.4 Å². The molecule has 0 saturated carbocycles.